The van der Waals surface area contributed by atoms with Gasteiger partial charge in [0.2, 0.25) is 0 Å². The first-order chi connectivity index (χ1) is 8.92. The van der Waals surface area contributed by atoms with Crippen LogP contribution < -0.4 is 0 Å². The van der Waals surface area contributed by atoms with Gasteiger partial charge < -0.3 is 0 Å². The lowest BCUT2D eigenvalue weighted by molar-refractivity contribution is 0.279. The fourth-order valence-electron chi connectivity index (χ4n) is 2.43. The standard InChI is InChI=1S/C13H18N4S/c1-2-4-8-17(7-3-1)9-11-5-6-12(18-11)13-14-10-15-16-13/h5-6,10H,1-4,7-9H2,(H,14,15,16). The van der Waals surface area contributed by atoms with Gasteiger partial charge in [0, 0.05) is 11.4 Å². The molecule has 0 bridgehead atoms. The van der Waals surface area contributed by atoms with Crippen LogP contribution >= 0.6 is 11.3 Å². The molecule has 5 heteroatoms. The van der Waals surface area contributed by atoms with E-state index in [1.807, 2.05) is 11.3 Å². The van der Waals surface area contributed by atoms with Crippen LogP contribution in [-0.2, 0) is 6.54 Å². The number of hydrogen-bond acceptors (Lipinski definition) is 4. The first kappa shape index (κ1) is 11.9. The number of nitrogens with zero attached hydrogens (tertiary/aromatic N) is 3. The first-order valence-electron chi connectivity index (χ1n) is 6.58. The molecule has 0 unspecified atom stereocenters. The lowest BCUT2D eigenvalue weighted by Crippen LogP contribution is -2.23. The molecule has 0 atom stereocenters. The summed E-state index contributed by atoms with van der Waals surface area (Å²) in [4.78, 5) is 9.36. The molecule has 1 fully saturated rings. The first-order valence-corrected chi connectivity index (χ1v) is 7.40. The highest BCUT2D eigenvalue weighted by molar-refractivity contribution is 7.15. The van der Waals surface area contributed by atoms with Gasteiger partial charge in [-0.15, -0.1) is 11.3 Å². The van der Waals surface area contributed by atoms with Crippen molar-refractivity contribution >= 4 is 11.3 Å². The third-order valence-electron chi connectivity index (χ3n) is 3.39. The molecule has 1 N–H and O–H groups in total. The van der Waals surface area contributed by atoms with Crippen LogP contribution in [0.5, 0.6) is 0 Å². The van der Waals surface area contributed by atoms with Gasteiger partial charge >= 0.3 is 0 Å². The largest absolute Gasteiger partial charge is 0.298 e. The zero-order chi connectivity index (χ0) is 12.2. The van der Waals surface area contributed by atoms with Gasteiger partial charge in [-0.2, -0.15) is 5.10 Å². The topological polar surface area (TPSA) is 44.8 Å². The predicted octanol–water partition coefficient (Wildman–Crippen LogP) is 2.91. The number of nitrogens with one attached hydrogen (secondary N) is 1. The summed E-state index contributed by atoms with van der Waals surface area (Å²) in [6, 6.07) is 4.35. The Bertz CT molecular complexity index is 469. The highest BCUT2D eigenvalue weighted by Crippen LogP contribution is 2.26. The van der Waals surface area contributed by atoms with E-state index in [0.29, 0.717) is 0 Å². The molecule has 0 aromatic carbocycles. The van der Waals surface area contributed by atoms with E-state index in [9.17, 15) is 0 Å². The van der Waals surface area contributed by atoms with E-state index in [1.54, 1.807) is 6.33 Å². The number of aromatic nitrogens is 3. The van der Waals surface area contributed by atoms with Crippen molar-refractivity contribution in [1.82, 2.24) is 20.1 Å². The number of hydrogen-bond donors (Lipinski definition) is 1. The molecule has 0 radical (unpaired) electrons. The highest BCUT2D eigenvalue weighted by Gasteiger charge is 2.11. The Morgan fingerprint density at radius 1 is 1.17 bits per heavy atom. The van der Waals surface area contributed by atoms with Crippen molar-refractivity contribution < 1.29 is 0 Å². The normalized spacial score (nSPS) is 17.8. The predicted molar refractivity (Wildman–Crippen MR) is 73.4 cm³/mol. The maximum atomic E-state index is 4.19. The third-order valence-corrected chi connectivity index (χ3v) is 4.46. The van der Waals surface area contributed by atoms with Crippen LogP contribution in [0.4, 0.5) is 0 Å². The lowest BCUT2D eigenvalue weighted by Gasteiger charge is -2.18. The van der Waals surface area contributed by atoms with Crippen LogP contribution in [0.3, 0.4) is 0 Å². The average molecular weight is 262 g/mol. The Kier molecular flexibility index (Phi) is 3.71. The molecule has 0 saturated carbocycles. The number of likely N-dealkylation sites (tertiary alicyclic amines) is 1. The SMILES string of the molecule is c1n[nH]c(-c2ccc(CN3CCCCCC3)s2)n1. The Labute approximate surface area is 111 Å². The maximum absolute atomic E-state index is 4.19. The zero-order valence-corrected chi connectivity index (χ0v) is 11.2. The van der Waals surface area contributed by atoms with Crippen LogP contribution in [0, 0.1) is 0 Å². The molecule has 3 heterocycles. The molecule has 2 aromatic rings. The van der Waals surface area contributed by atoms with Gasteiger partial charge in [-0.1, -0.05) is 12.8 Å². The van der Waals surface area contributed by atoms with Crippen molar-refractivity contribution in [3.05, 3.63) is 23.3 Å². The second kappa shape index (κ2) is 5.63. The number of thiophene rings is 1. The van der Waals surface area contributed by atoms with Gasteiger partial charge in [0.05, 0.1) is 4.88 Å². The third kappa shape index (κ3) is 2.79. The monoisotopic (exact) mass is 262 g/mol. The minimum atomic E-state index is 0.877. The number of aromatic amines is 1. The summed E-state index contributed by atoms with van der Waals surface area (Å²) >= 11 is 1.82. The summed E-state index contributed by atoms with van der Waals surface area (Å²) in [5, 5.41) is 6.81. The summed E-state index contributed by atoms with van der Waals surface area (Å²) in [7, 11) is 0. The van der Waals surface area contributed by atoms with Gasteiger partial charge in [-0.05, 0) is 38.1 Å². The van der Waals surface area contributed by atoms with E-state index < -0.39 is 0 Å². The molecule has 2 aromatic heterocycles. The van der Waals surface area contributed by atoms with E-state index >= 15 is 0 Å². The molecule has 96 valence electrons. The minimum absolute atomic E-state index is 0.877. The van der Waals surface area contributed by atoms with E-state index in [-0.39, 0.29) is 0 Å². The van der Waals surface area contributed by atoms with Crippen molar-refractivity contribution in [3.63, 3.8) is 0 Å². The van der Waals surface area contributed by atoms with Crippen LogP contribution in [0.1, 0.15) is 30.6 Å². The summed E-state index contributed by atoms with van der Waals surface area (Å²) in [5.74, 6) is 0.877. The maximum Gasteiger partial charge on any atom is 0.165 e. The van der Waals surface area contributed by atoms with Crippen molar-refractivity contribution in [2.75, 3.05) is 13.1 Å². The van der Waals surface area contributed by atoms with Crippen molar-refractivity contribution in [2.45, 2.75) is 32.2 Å². The van der Waals surface area contributed by atoms with Gasteiger partial charge in [0.15, 0.2) is 5.82 Å². The van der Waals surface area contributed by atoms with Crippen molar-refractivity contribution in [1.29, 1.82) is 0 Å². The molecular formula is C13H18N4S. The molecule has 3 rings (SSSR count). The minimum Gasteiger partial charge on any atom is -0.298 e. The Hall–Kier alpha value is -1.20. The second-order valence-electron chi connectivity index (χ2n) is 4.79. The molecular weight excluding hydrogens is 244 g/mol. The summed E-state index contributed by atoms with van der Waals surface area (Å²) in [6.07, 6.45) is 7.04. The molecule has 1 aliphatic rings. The van der Waals surface area contributed by atoms with E-state index in [2.05, 4.69) is 32.2 Å². The Morgan fingerprint density at radius 3 is 2.72 bits per heavy atom. The summed E-state index contributed by atoms with van der Waals surface area (Å²) < 4.78 is 0. The van der Waals surface area contributed by atoms with Gasteiger partial charge in [0.1, 0.15) is 6.33 Å². The molecule has 0 spiro atoms. The molecule has 4 nitrogen and oxygen atoms in total. The smallest absolute Gasteiger partial charge is 0.165 e. The zero-order valence-electron chi connectivity index (χ0n) is 10.4. The number of rotatable bonds is 3. The van der Waals surface area contributed by atoms with E-state index in [4.69, 9.17) is 0 Å². The van der Waals surface area contributed by atoms with Gasteiger partial charge in [-0.25, -0.2) is 4.98 Å². The lowest BCUT2D eigenvalue weighted by atomic mass is 10.2. The molecule has 0 aliphatic carbocycles. The van der Waals surface area contributed by atoms with Crippen LogP contribution in [-0.4, -0.2) is 33.2 Å². The molecule has 1 aliphatic heterocycles. The highest BCUT2D eigenvalue weighted by atomic mass is 32.1. The molecule has 1 saturated heterocycles. The quantitative estimate of drug-likeness (QED) is 0.925. The van der Waals surface area contributed by atoms with Gasteiger partial charge in [0.25, 0.3) is 0 Å². The summed E-state index contributed by atoms with van der Waals surface area (Å²) in [6.45, 7) is 3.57. The van der Waals surface area contributed by atoms with Crippen molar-refractivity contribution in [3.8, 4) is 10.7 Å². The summed E-state index contributed by atoms with van der Waals surface area (Å²) in [5.41, 5.74) is 0. The van der Waals surface area contributed by atoms with Crippen LogP contribution in [0.2, 0.25) is 0 Å². The van der Waals surface area contributed by atoms with E-state index in [1.165, 1.54) is 48.5 Å². The fourth-order valence-corrected chi connectivity index (χ4v) is 3.43. The fraction of sp³-hybridized carbons (Fsp3) is 0.538. The number of H-pyrrole nitrogens is 1. The van der Waals surface area contributed by atoms with Crippen LogP contribution in [0.25, 0.3) is 10.7 Å². The second-order valence-corrected chi connectivity index (χ2v) is 5.96. The Morgan fingerprint density at radius 2 is 2.00 bits per heavy atom. The van der Waals surface area contributed by atoms with E-state index in [0.717, 1.165) is 12.4 Å². The Balaban J connectivity index is 1.66. The van der Waals surface area contributed by atoms with Crippen molar-refractivity contribution in [2.24, 2.45) is 0 Å². The molecule has 18 heavy (non-hydrogen) atoms. The van der Waals surface area contributed by atoms with Crippen LogP contribution in [0.15, 0.2) is 18.5 Å². The van der Waals surface area contributed by atoms with Gasteiger partial charge in [-0.3, -0.25) is 10.00 Å². The molecule has 0 amide bonds. The average Bonchev–Trinajstić information content (AvgIpc) is 2.98.